The average molecular weight is 647 g/mol. The average Bonchev–Trinajstić information content (AvgIpc) is 2.87. The molecule has 0 saturated heterocycles. The van der Waals surface area contributed by atoms with E-state index < -0.39 is 76.6 Å². The number of ether oxygens (including phenoxy) is 2. The van der Waals surface area contributed by atoms with Gasteiger partial charge in [0.1, 0.15) is 17.2 Å². The molecule has 2 amide bonds. The lowest BCUT2D eigenvalue weighted by atomic mass is 9.93. The molecule has 3 aromatic carbocycles. The molecule has 0 aliphatic rings. The van der Waals surface area contributed by atoms with Gasteiger partial charge >= 0.3 is 24.6 Å². The van der Waals surface area contributed by atoms with Gasteiger partial charge in [-0.2, -0.15) is 35.1 Å². The van der Waals surface area contributed by atoms with E-state index in [9.17, 15) is 59.3 Å². The zero-order valence-corrected chi connectivity index (χ0v) is 21.8. The summed E-state index contributed by atoms with van der Waals surface area (Å²) in [6.45, 7) is -3.92. The summed E-state index contributed by atoms with van der Waals surface area (Å²) in [5.41, 5.74) is -10.6. The third-order valence-corrected chi connectivity index (χ3v) is 5.94. The fourth-order valence-corrected chi connectivity index (χ4v) is 3.96. The van der Waals surface area contributed by atoms with Crippen LogP contribution in [0, 0.1) is 0 Å². The van der Waals surface area contributed by atoms with Crippen molar-refractivity contribution in [3.05, 3.63) is 70.2 Å². The Kier molecular flexibility index (Phi) is 9.19. The number of anilines is 2. The lowest BCUT2D eigenvalue weighted by Gasteiger charge is -2.31. The number of carbonyl (C=O) groups excluding carboxylic acids is 2. The van der Waals surface area contributed by atoms with E-state index >= 15 is 0 Å². The number of methoxy groups -OCH3 is 1. The minimum Gasteiger partial charge on any atom is -0.508 e. The normalized spacial score (nSPS) is 12.2. The number of alkyl halides is 9. The summed E-state index contributed by atoms with van der Waals surface area (Å²) in [6, 6.07) is 6.04. The Hall–Kier alpha value is -4.54. The molecule has 0 heterocycles. The summed E-state index contributed by atoms with van der Waals surface area (Å²) < 4.78 is 129. The number of amides is 2. The van der Waals surface area contributed by atoms with E-state index in [0.29, 0.717) is 0 Å². The van der Waals surface area contributed by atoms with Crippen molar-refractivity contribution < 1.29 is 68.8 Å². The summed E-state index contributed by atoms with van der Waals surface area (Å²) >= 11 is 5.94. The number of phenolic OH excluding ortho intramolecular Hbond substituents is 2. The minimum absolute atomic E-state index is 0.128. The number of aromatic hydroxyl groups is 2. The van der Waals surface area contributed by atoms with E-state index in [-0.39, 0.29) is 28.1 Å². The molecule has 0 aliphatic carbocycles. The largest absolute Gasteiger partial charge is 0.508 e. The predicted octanol–water partition coefficient (Wildman–Crippen LogP) is 7.16. The second kappa shape index (κ2) is 12.0. The molecular weight excluding hydrogens is 631 g/mol. The van der Waals surface area contributed by atoms with Gasteiger partial charge in [0, 0.05) is 5.56 Å². The zero-order chi connectivity index (χ0) is 32.5. The van der Waals surface area contributed by atoms with Gasteiger partial charge in [-0.25, -0.2) is 4.39 Å². The molecule has 0 radical (unpaired) electrons. The lowest BCUT2D eigenvalue weighted by Crippen LogP contribution is -2.50. The summed E-state index contributed by atoms with van der Waals surface area (Å²) in [5.74, 6) is -6.23. The number of nitrogens with one attached hydrogen (secondary N) is 2. The maximum Gasteiger partial charge on any atom is 0.435 e. The lowest BCUT2D eigenvalue weighted by molar-refractivity contribution is -0.348. The number of para-hydroxylation sites is 1. The number of hydrogen-bond donors (Lipinski definition) is 4. The van der Waals surface area contributed by atoms with Crippen molar-refractivity contribution in [2.75, 3.05) is 17.7 Å². The quantitative estimate of drug-likeness (QED) is 0.153. The van der Waals surface area contributed by atoms with Gasteiger partial charge in [-0.15, -0.1) is 0 Å². The van der Waals surface area contributed by atoms with E-state index in [2.05, 4.69) is 10.1 Å². The molecule has 3 rings (SSSR count). The van der Waals surface area contributed by atoms with Gasteiger partial charge in [0.25, 0.3) is 11.8 Å². The van der Waals surface area contributed by atoms with E-state index in [0.717, 1.165) is 31.4 Å². The van der Waals surface area contributed by atoms with Crippen molar-refractivity contribution in [2.24, 2.45) is 0 Å². The van der Waals surface area contributed by atoms with Gasteiger partial charge < -0.3 is 30.3 Å². The number of benzene rings is 3. The summed E-state index contributed by atoms with van der Waals surface area (Å²) in [7, 11) is 1.03. The molecule has 18 heteroatoms. The molecule has 0 saturated carbocycles. The Balaban J connectivity index is 2.05. The highest BCUT2D eigenvalue weighted by molar-refractivity contribution is 6.34. The molecule has 232 valence electrons. The van der Waals surface area contributed by atoms with Gasteiger partial charge in [-0.05, 0) is 42.5 Å². The summed E-state index contributed by atoms with van der Waals surface area (Å²) in [4.78, 5) is 25.7. The molecule has 0 aromatic heterocycles. The molecule has 3 aromatic rings. The molecule has 0 unspecified atom stereocenters. The van der Waals surface area contributed by atoms with E-state index in [4.69, 9.17) is 16.3 Å². The van der Waals surface area contributed by atoms with Crippen LogP contribution < -0.4 is 20.1 Å². The highest BCUT2D eigenvalue weighted by Gasteiger charge is 2.73. The molecule has 0 spiro atoms. The van der Waals surface area contributed by atoms with Crippen LogP contribution in [0.3, 0.4) is 0 Å². The first-order valence-corrected chi connectivity index (χ1v) is 11.6. The molecule has 0 atom stereocenters. The monoisotopic (exact) mass is 646 g/mol. The second-order valence-electron chi connectivity index (χ2n) is 8.36. The number of phenols is 2. The Morgan fingerprint density at radius 2 is 1.47 bits per heavy atom. The third kappa shape index (κ3) is 6.60. The van der Waals surface area contributed by atoms with Crippen molar-refractivity contribution in [2.45, 2.75) is 24.6 Å². The number of hydrogen-bond acceptors (Lipinski definition) is 6. The molecule has 0 fully saturated rings. The Morgan fingerprint density at radius 1 is 0.860 bits per heavy atom. The fourth-order valence-electron chi connectivity index (χ4n) is 3.70. The van der Waals surface area contributed by atoms with Crippen LogP contribution in [0.2, 0.25) is 5.02 Å². The van der Waals surface area contributed by atoms with Gasteiger partial charge in [0.05, 0.1) is 28.9 Å². The van der Waals surface area contributed by atoms with Crippen molar-refractivity contribution in [1.29, 1.82) is 0 Å². The number of halogens is 10. The van der Waals surface area contributed by atoms with Gasteiger partial charge in [0.15, 0.2) is 11.5 Å². The number of carbonyl (C=O) groups is 2. The SMILES string of the molecule is COc1c(NC(=O)c2ccc(O)cc2Cl)cccc1C(=O)Nc1c(O)cc(C(F)(C(F)(F)F)C(F)(F)F)cc1OC(F)F. The fraction of sp³-hybridized carbons (Fsp3) is 0.200. The van der Waals surface area contributed by atoms with Crippen LogP contribution in [0.15, 0.2) is 48.5 Å². The number of rotatable bonds is 8. The highest BCUT2D eigenvalue weighted by atomic mass is 35.5. The van der Waals surface area contributed by atoms with Crippen LogP contribution >= 0.6 is 11.6 Å². The Morgan fingerprint density at radius 3 is 2.00 bits per heavy atom. The third-order valence-electron chi connectivity index (χ3n) is 5.62. The molecule has 43 heavy (non-hydrogen) atoms. The highest BCUT2D eigenvalue weighted by Crippen LogP contribution is 2.55. The summed E-state index contributed by atoms with van der Waals surface area (Å²) in [5, 5.41) is 23.6. The Labute approximate surface area is 239 Å². The first kappa shape index (κ1) is 33.0. The Bertz CT molecular complexity index is 1530. The minimum atomic E-state index is -6.66. The standard InChI is InChI=1S/C25H16ClF9N2O6/c1-42-19-13(3-2-4-15(19)36-20(40)12-6-5-11(38)9-14(12)26)21(41)37-18-16(39)7-10(8-17(18)43-22(27)28)23(29,24(30,31)32)25(33,34)35/h2-9,22,38-39H,1H3,(H,36,40)(H,37,41). The van der Waals surface area contributed by atoms with Crippen molar-refractivity contribution in [1.82, 2.24) is 0 Å². The van der Waals surface area contributed by atoms with Gasteiger partial charge in [0.2, 0.25) is 0 Å². The van der Waals surface area contributed by atoms with Crippen molar-refractivity contribution in [3.8, 4) is 23.0 Å². The molecule has 0 aliphatic heterocycles. The van der Waals surface area contributed by atoms with Crippen LogP contribution in [0.5, 0.6) is 23.0 Å². The maximum absolute atomic E-state index is 14.5. The summed E-state index contributed by atoms with van der Waals surface area (Å²) in [6.07, 6.45) is -13.3. The van der Waals surface area contributed by atoms with Crippen LogP contribution in [0.1, 0.15) is 26.3 Å². The molecule has 0 bridgehead atoms. The van der Waals surface area contributed by atoms with Crippen LogP contribution in [0.4, 0.5) is 50.9 Å². The van der Waals surface area contributed by atoms with Crippen LogP contribution in [-0.2, 0) is 5.67 Å². The molecule has 4 N–H and O–H groups in total. The smallest absolute Gasteiger partial charge is 0.435 e. The van der Waals surface area contributed by atoms with Crippen LogP contribution in [-0.4, -0.2) is 48.1 Å². The first-order chi connectivity index (χ1) is 19.8. The maximum atomic E-state index is 14.5. The first-order valence-electron chi connectivity index (χ1n) is 11.2. The van der Waals surface area contributed by atoms with Crippen LogP contribution in [0.25, 0.3) is 0 Å². The van der Waals surface area contributed by atoms with E-state index in [1.807, 2.05) is 0 Å². The van der Waals surface area contributed by atoms with Crippen molar-refractivity contribution in [3.63, 3.8) is 0 Å². The van der Waals surface area contributed by atoms with E-state index in [1.165, 1.54) is 12.1 Å². The van der Waals surface area contributed by atoms with Crippen molar-refractivity contribution >= 4 is 34.8 Å². The molecular formula is C25H16ClF9N2O6. The topological polar surface area (TPSA) is 117 Å². The predicted molar refractivity (Wildman–Crippen MR) is 132 cm³/mol. The van der Waals surface area contributed by atoms with Gasteiger partial charge in [-0.1, -0.05) is 17.7 Å². The molecule has 8 nitrogen and oxygen atoms in total. The van der Waals surface area contributed by atoms with Gasteiger partial charge in [-0.3, -0.25) is 9.59 Å². The zero-order valence-electron chi connectivity index (χ0n) is 21.0. The van der Waals surface area contributed by atoms with E-state index in [1.54, 1.807) is 5.32 Å². The second-order valence-corrected chi connectivity index (χ2v) is 8.77.